The lowest BCUT2D eigenvalue weighted by Crippen LogP contribution is -1.87. The first-order valence-corrected chi connectivity index (χ1v) is 9.26. The molecule has 0 aliphatic heterocycles. The lowest BCUT2D eigenvalue weighted by molar-refractivity contribution is 0.866. The molecule has 0 aliphatic rings. The highest BCUT2D eigenvalue weighted by atomic mass is 32.2. The van der Waals surface area contributed by atoms with Crippen molar-refractivity contribution in [2.45, 2.75) is 34.2 Å². The summed E-state index contributed by atoms with van der Waals surface area (Å²) in [4.78, 5) is 0. The first-order valence-electron chi connectivity index (χ1n) is 6.48. The lowest BCUT2D eigenvalue weighted by atomic mass is 10.0. The smallest absolute Gasteiger partial charge is 0.131 e. The third kappa shape index (κ3) is 4.65. The highest BCUT2D eigenvalue weighted by Crippen LogP contribution is 2.30. The fourth-order valence-electron chi connectivity index (χ4n) is 1.59. The molecule has 0 atom stereocenters. The Labute approximate surface area is 133 Å². The number of nitrogens with zero attached hydrogens (tertiary/aromatic N) is 2. The van der Waals surface area contributed by atoms with Crippen molar-refractivity contribution in [1.82, 2.24) is 10.2 Å². The molecule has 1 aromatic carbocycles. The minimum atomic E-state index is 0.587. The van der Waals surface area contributed by atoms with Crippen molar-refractivity contribution in [2.24, 2.45) is 0 Å². The molecule has 1 aromatic heterocycles. The number of hydrogen-bond acceptors (Lipinski definition) is 5. The maximum atomic E-state index is 4.21. The molecule has 2 nitrogen and oxygen atoms in total. The van der Waals surface area contributed by atoms with E-state index in [9.17, 15) is 0 Å². The average Bonchev–Trinajstić information content (AvgIpc) is 2.91. The molecule has 0 N–H and O–H groups in total. The van der Waals surface area contributed by atoms with E-state index in [-0.39, 0.29) is 0 Å². The van der Waals surface area contributed by atoms with Gasteiger partial charge in [0.25, 0.3) is 0 Å². The van der Waals surface area contributed by atoms with Crippen molar-refractivity contribution in [3.05, 3.63) is 48.0 Å². The van der Waals surface area contributed by atoms with Crippen molar-refractivity contribution < 1.29 is 0 Å². The van der Waals surface area contributed by atoms with Gasteiger partial charge in [0, 0.05) is 11.5 Å². The molecule has 1 heterocycles. The predicted molar refractivity (Wildman–Crippen MR) is 90.9 cm³/mol. The van der Waals surface area contributed by atoms with E-state index in [4.69, 9.17) is 0 Å². The molecule has 2 aromatic rings. The summed E-state index contributed by atoms with van der Waals surface area (Å²) in [5.74, 6) is 2.42. The van der Waals surface area contributed by atoms with Gasteiger partial charge in [-0.3, -0.25) is 0 Å². The lowest BCUT2D eigenvalue weighted by Gasteiger charge is -2.05. The summed E-state index contributed by atoms with van der Waals surface area (Å²) in [7, 11) is 0. The van der Waals surface area contributed by atoms with Crippen LogP contribution in [0.1, 0.15) is 30.9 Å². The largest absolute Gasteiger partial charge is 0.175 e. The molecule has 0 amide bonds. The molecule has 0 fully saturated rings. The van der Waals surface area contributed by atoms with Crippen LogP contribution in [0.5, 0.6) is 0 Å². The summed E-state index contributed by atoms with van der Waals surface area (Å²) in [6, 6.07) is 8.84. The summed E-state index contributed by atoms with van der Waals surface area (Å²) >= 11 is 5.09. The van der Waals surface area contributed by atoms with Gasteiger partial charge in [-0.15, -0.1) is 16.8 Å². The first-order chi connectivity index (χ1) is 9.69. The van der Waals surface area contributed by atoms with Crippen molar-refractivity contribution in [1.29, 1.82) is 0 Å². The van der Waals surface area contributed by atoms with E-state index in [0.717, 1.165) is 20.2 Å². The topological polar surface area (TPSA) is 25.8 Å². The third-order valence-electron chi connectivity index (χ3n) is 2.72. The molecule has 20 heavy (non-hydrogen) atoms. The average molecular weight is 323 g/mol. The van der Waals surface area contributed by atoms with Gasteiger partial charge in [-0.2, -0.15) is 0 Å². The summed E-state index contributed by atoms with van der Waals surface area (Å²) in [5, 5.41) is 8.37. The molecule has 0 unspecified atom stereocenters. The summed E-state index contributed by atoms with van der Waals surface area (Å²) < 4.78 is 2.05. The zero-order valence-corrected chi connectivity index (χ0v) is 14.2. The Morgan fingerprint density at radius 2 is 1.80 bits per heavy atom. The van der Waals surface area contributed by atoms with Crippen LogP contribution in [0.4, 0.5) is 0 Å². The molecule has 0 saturated carbocycles. The number of benzene rings is 1. The maximum absolute atomic E-state index is 4.21. The highest BCUT2D eigenvalue weighted by molar-refractivity contribution is 8.03. The Kier molecular flexibility index (Phi) is 6.13. The van der Waals surface area contributed by atoms with Gasteiger partial charge in [-0.25, -0.2) is 0 Å². The van der Waals surface area contributed by atoms with Crippen LogP contribution in [0, 0.1) is 0 Å². The van der Waals surface area contributed by atoms with Crippen LogP contribution in [0.25, 0.3) is 0 Å². The molecule has 106 valence electrons. The van der Waals surface area contributed by atoms with Gasteiger partial charge in [0.05, 0.1) is 0 Å². The van der Waals surface area contributed by atoms with Crippen molar-refractivity contribution in [3.63, 3.8) is 0 Å². The van der Waals surface area contributed by atoms with Crippen molar-refractivity contribution in [3.8, 4) is 0 Å². The second-order valence-corrected chi connectivity index (χ2v) is 8.09. The fourth-order valence-corrected chi connectivity index (χ4v) is 4.32. The zero-order chi connectivity index (χ0) is 14.4. The minimum Gasteiger partial charge on any atom is -0.131 e. The monoisotopic (exact) mass is 322 g/mol. The van der Waals surface area contributed by atoms with Gasteiger partial charge in [0.2, 0.25) is 0 Å². The Hall–Kier alpha value is -0.780. The van der Waals surface area contributed by atoms with Crippen LogP contribution in [0.3, 0.4) is 0 Å². The van der Waals surface area contributed by atoms with Gasteiger partial charge >= 0.3 is 0 Å². The molecule has 0 saturated heterocycles. The molecule has 0 radical (unpaired) electrons. The van der Waals surface area contributed by atoms with E-state index in [1.165, 1.54) is 11.1 Å². The number of hydrogen-bond donors (Lipinski definition) is 0. The summed E-state index contributed by atoms with van der Waals surface area (Å²) in [6.07, 6.45) is 1.88. The molecular weight excluding hydrogens is 304 g/mol. The quantitative estimate of drug-likeness (QED) is 0.515. The fraction of sp³-hybridized carbons (Fsp3) is 0.333. The third-order valence-corrected chi connectivity index (χ3v) is 5.98. The SMILES string of the molecule is C=CCSc1nnc(SCc2ccc(C(C)C)cc2)s1. The number of rotatable bonds is 7. The Balaban J connectivity index is 1.88. The second-order valence-electron chi connectivity index (χ2n) is 4.62. The normalized spacial score (nSPS) is 10.9. The molecule has 0 bridgehead atoms. The van der Waals surface area contributed by atoms with Crippen LogP contribution in [0.15, 0.2) is 45.6 Å². The van der Waals surface area contributed by atoms with E-state index < -0.39 is 0 Å². The predicted octanol–water partition coefficient (Wildman–Crippen LogP) is 5.23. The molecule has 5 heteroatoms. The van der Waals surface area contributed by atoms with E-state index in [2.05, 4.69) is 54.9 Å². The van der Waals surface area contributed by atoms with Crippen LogP contribution in [-0.4, -0.2) is 16.0 Å². The summed E-state index contributed by atoms with van der Waals surface area (Å²) in [6.45, 7) is 8.14. The van der Waals surface area contributed by atoms with E-state index >= 15 is 0 Å². The van der Waals surface area contributed by atoms with E-state index in [0.29, 0.717) is 5.92 Å². The number of thioether (sulfide) groups is 2. The maximum Gasteiger partial charge on any atom is 0.175 e. The molecule has 0 aliphatic carbocycles. The number of aromatic nitrogens is 2. The van der Waals surface area contributed by atoms with Gasteiger partial charge in [0.1, 0.15) is 0 Å². The van der Waals surface area contributed by atoms with Crippen LogP contribution in [0.2, 0.25) is 0 Å². The van der Waals surface area contributed by atoms with Crippen LogP contribution in [-0.2, 0) is 5.75 Å². The van der Waals surface area contributed by atoms with Crippen molar-refractivity contribution >= 4 is 34.9 Å². The second kappa shape index (κ2) is 7.86. The molecule has 0 spiro atoms. The van der Waals surface area contributed by atoms with Gasteiger partial charge in [-0.05, 0) is 17.0 Å². The highest BCUT2D eigenvalue weighted by Gasteiger charge is 2.05. The zero-order valence-electron chi connectivity index (χ0n) is 11.7. The molecule has 2 rings (SSSR count). The van der Waals surface area contributed by atoms with Gasteiger partial charge in [0.15, 0.2) is 8.68 Å². The Bertz CT molecular complexity index is 547. The van der Waals surface area contributed by atoms with E-state index in [1.54, 1.807) is 34.9 Å². The van der Waals surface area contributed by atoms with E-state index in [1.807, 2.05) is 6.08 Å². The Morgan fingerprint density at radius 3 is 2.40 bits per heavy atom. The van der Waals surface area contributed by atoms with Crippen LogP contribution < -0.4 is 0 Å². The Morgan fingerprint density at radius 1 is 1.15 bits per heavy atom. The standard InChI is InChI=1S/C15H18N2S3/c1-4-9-18-14-16-17-15(20-14)19-10-12-5-7-13(8-6-12)11(2)3/h4-8,11H,1,9-10H2,2-3H3. The summed E-state index contributed by atoms with van der Waals surface area (Å²) in [5.41, 5.74) is 2.72. The van der Waals surface area contributed by atoms with Crippen LogP contribution >= 0.6 is 34.9 Å². The van der Waals surface area contributed by atoms with Gasteiger partial charge < -0.3 is 0 Å². The van der Waals surface area contributed by atoms with Gasteiger partial charge in [-0.1, -0.05) is 79.0 Å². The molecular formula is C15H18N2S3. The minimum absolute atomic E-state index is 0.587. The van der Waals surface area contributed by atoms with Crippen molar-refractivity contribution in [2.75, 3.05) is 5.75 Å². The first kappa shape index (κ1) is 15.6.